The van der Waals surface area contributed by atoms with Gasteiger partial charge >= 0.3 is 0 Å². The van der Waals surface area contributed by atoms with E-state index >= 15 is 0 Å². The lowest BCUT2D eigenvalue weighted by Crippen LogP contribution is -2.09. The van der Waals surface area contributed by atoms with Gasteiger partial charge in [-0.3, -0.25) is 0 Å². The number of nitrogens with two attached hydrogens (primary N) is 1. The van der Waals surface area contributed by atoms with E-state index in [0.29, 0.717) is 24.1 Å². The minimum absolute atomic E-state index is 0.0482. The molecule has 1 atom stereocenters. The van der Waals surface area contributed by atoms with Gasteiger partial charge in [-0.25, -0.2) is 4.98 Å². The van der Waals surface area contributed by atoms with Gasteiger partial charge in [-0.15, -0.1) is 0 Å². The molecule has 0 amide bonds. The smallest absolute Gasteiger partial charge is 0.218 e. The van der Waals surface area contributed by atoms with Crippen LogP contribution in [0.4, 0.5) is 11.5 Å². The summed E-state index contributed by atoms with van der Waals surface area (Å²) in [7, 11) is 0. The summed E-state index contributed by atoms with van der Waals surface area (Å²) in [6, 6.07) is 9.66. The number of aryl methyl sites for hydroxylation is 1. The molecule has 1 heterocycles. The number of anilines is 2. The first-order chi connectivity index (χ1) is 9.60. The lowest BCUT2D eigenvalue weighted by Gasteiger charge is -2.14. The van der Waals surface area contributed by atoms with Crippen LogP contribution in [0.15, 0.2) is 30.3 Å². The molecule has 0 radical (unpaired) electrons. The molecule has 0 aliphatic rings. The van der Waals surface area contributed by atoms with Crippen molar-refractivity contribution in [1.29, 1.82) is 0 Å². The van der Waals surface area contributed by atoms with Gasteiger partial charge in [-0.2, -0.15) is 4.98 Å². The van der Waals surface area contributed by atoms with E-state index in [-0.39, 0.29) is 6.04 Å². The van der Waals surface area contributed by atoms with Gasteiger partial charge in [-0.05, 0) is 32.4 Å². The first kappa shape index (κ1) is 14.3. The van der Waals surface area contributed by atoms with Gasteiger partial charge in [0.1, 0.15) is 11.6 Å². The van der Waals surface area contributed by atoms with Crippen LogP contribution < -0.4 is 15.8 Å². The minimum Gasteiger partial charge on any atom is -0.478 e. The van der Waals surface area contributed by atoms with Gasteiger partial charge in [0.2, 0.25) is 5.88 Å². The molecule has 20 heavy (non-hydrogen) atoms. The summed E-state index contributed by atoms with van der Waals surface area (Å²) in [5, 5.41) is 3.28. The molecular formula is C15H20N4O. The monoisotopic (exact) mass is 272 g/mol. The van der Waals surface area contributed by atoms with Crippen molar-refractivity contribution in [3.8, 4) is 5.88 Å². The van der Waals surface area contributed by atoms with Crippen LogP contribution in [0.1, 0.15) is 31.3 Å². The first-order valence-electron chi connectivity index (χ1n) is 6.70. The highest BCUT2D eigenvalue weighted by atomic mass is 16.5. The molecule has 0 saturated heterocycles. The standard InChI is InChI=1S/C15H20N4O/c1-4-20-15-9-14(17-11(3)18-15)19-13-8-6-5-7-12(13)10(2)16/h5-10H,4,16H2,1-3H3,(H,17,18,19). The maximum absolute atomic E-state index is 5.98. The Labute approximate surface area is 119 Å². The zero-order valence-corrected chi connectivity index (χ0v) is 12.1. The molecule has 5 nitrogen and oxygen atoms in total. The molecule has 0 bridgehead atoms. The van der Waals surface area contributed by atoms with Crippen molar-refractivity contribution in [2.75, 3.05) is 11.9 Å². The van der Waals surface area contributed by atoms with Crippen LogP contribution in [0.5, 0.6) is 5.88 Å². The summed E-state index contributed by atoms with van der Waals surface area (Å²) in [5.74, 6) is 1.94. The van der Waals surface area contributed by atoms with Crippen molar-refractivity contribution >= 4 is 11.5 Å². The highest BCUT2D eigenvalue weighted by molar-refractivity contribution is 5.61. The molecule has 2 aromatic rings. The summed E-state index contributed by atoms with van der Waals surface area (Å²) in [5.41, 5.74) is 7.97. The van der Waals surface area contributed by atoms with E-state index in [9.17, 15) is 0 Å². The van der Waals surface area contributed by atoms with Crippen LogP contribution in [0.25, 0.3) is 0 Å². The zero-order valence-electron chi connectivity index (χ0n) is 12.1. The molecule has 0 aliphatic heterocycles. The maximum atomic E-state index is 5.98. The Bertz CT molecular complexity index is 584. The Morgan fingerprint density at radius 1 is 1.30 bits per heavy atom. The molecule has 1 unspecified atom stereocenters. The van der Waals surface area contributed by atoms with E-state index in [1.807, 2.05) is 45.0 Å². The van der Waals surface area contributed by atoms with Crippen LogP contribution in [-0.4, -0.2) is 16.6 Å². The molecule has 0 aliphatic carbocycles. The molecule has 0 spiro atoms. The third-order valence-corrected chi connectivity index (χ3v) is 2.82. The second-order valence-corrected chi connectivity index (χ2v) is 4.57. The Hall–Kier alpha value is -2.14. The number of aromatic nitrogens is 2. The topological polar surface area (TPSA) is 73.1 Å². The summed E-state index contributed by atoms with van der Waals surface area (Å²) in [4.78, 5) is 8.59. The number of rotatable bonds is 5. The summed E-state index contributed by atoms with van der Waals surface area (Å²) in [6.07, 6.45) is 0. The predicted octanol–water partition coefficient (Wildman–Crippen LogP) is 2.95. The number of para-hydroxylation sites is 1. The fourth-order valence-corrected chi connectivity index (χ4v) is 1.97. The molecule has 2 rings (SSSR count). The molecule has 1 aromatic carbocycles. The Morgan fingerprint density at radius 3 is 2.75 bits per heavy atom. The molecule has 1 aromatic heterocycles. The number of hydrogen-bond acceptors (Lipinski definition) is 5. The van der Waals surface area contributed by atoms with Crippen molar-refractivity contribution in [2.24, 2.45) is 5.73 Å². The SMILES string of the molecule is CCOc1cc(Nc2ccccc2C(C)N)nc(C)n1. The van der Waals surface area contributed by atoms with Gasteiger partial charge in [0, 0.05) is 17.8 Å². The van der Waals surface area contributed by atoms with Crippen molar-refractivity contribution in [3.63, 3.8) is 0 Å². The normalized spacial score (nSPS) is 12.0. The predicted molar refractivity (Wildman–Crippen MR) is 80.3 cm³/mol. The molecule has 5 heteroatoms. The van der Waals surface area contributed by atoms with Gasteiger partial charge < -0.3 is 15.8 Å². The molecule has 0 saturated carbocycles. The van der Waals surface area contributed by atoms with Gasteiger partial charge in [-0.1, -0.05) is 18.2 Å². The molecule has 0 fully saturated rings. The maximum Gasteiger partial charge on any atom is 0.218 e. The number of nitrogens with one attached hydrogen (secondary N) is 1. The Balaban J connectivity index is 2.30. The summed E-state index contributed by atoms with van der Waals surface area (Å²) < 4.78 is 5.43. The summed E-state index contributed by atoms with van der Waals surface area (Å²) >= 11 is 0. The van der Waals surface area contributed by atoms with Gasteiger partial charge in [0.05, 0.1) is 6.61 Å². The number of ether oxygens (including phenoxy) is 1. The lowest BCUT2D eigenvalue weighted by atomic mass is 10.1. The number of nitrogens with zero attached hydrogens (tertiary/aromatic N) is 2. The molecular weight excluding hydrogens is 252 g/mol. The fourth-order valence-electron chi connectivity index (χ4n) is 1.97. The fraction of sp³-hybridized carbons (Fsp3) is 0.333. The lowest BCUT2D eigenvalue weighted by molar-refractivity contribution is 0.325. The zero-order chi connectivity index (χ0) is 14.5. The van der Waals surface area contributed by atoms with E-state index in [1.54, 1.807) is 6.07 Å². The van der Waals surface area contributed by atoms with E-state index in [0.717, 1.165) is 11.3 Å². The second-order valence-electron chi connectivity index (χ2n) is 4.57. The van der Waals surface area contributed by atoms with Gasteiger partial charge in [0.15, 0.2) is 0 Å². The van der Waals surface area contributed by atoms with E-state index < -0.39 is 0 Å². The Kier molecular flexibility index (Phi) is 4.53. The number of benzene rings is 1. The third kappa shape index (κ3) is 3.45. The van der Waals surface area contributed by atoms with Crippen LogP contribution in [0.2, 0.25) is 0 Å². The average Bonchev–Trinajstić information content (AvgIpc) is 2.38. The molecule has 3 N–H and O–H groups in total. The van der Waals surface area contributed by atoms with Crippen molar-refractivity contribution in [1.82, 2.24) is 9.97 Å². The summed E-state index contributed by atoms with van der Waals surface area (Å²) in [6.45, 7) is 6.30. The first-order valence-corrected chi connectivity index (χ1v) is 6.70. The van der Waals surface area contributed by atoms with Crippen LogP contribution >= 0.6 is 0 Å². The Morgan fingerprint density at radius 2 is 2.05 bits per heavy atom. The molecule has 106 valence electrons. The van der Waals surface area contributed by atoms with Crippen LogP contribution in [0.3, 0.4) is 0 Å². The third-order valence-electron chi connectivity index (χ3n) is 2.82. The van der Waals surface area contributed by atoms with Crippen LogP contribution in [-0.2, 0) is 0 Å². The highest BCUT2D eigenvalue weighted by Crippen LogP contribution is 2.25. The quantitative estimate of drug-likeness (QED) is 0.875. The van der Waals surface area contributed by atoms with Gasteiger partial charge in [0.25, 0.3) is 0 Å². The van der Waals surface area contributed by atoms with E-state index in [1.165, 1.54) is 0 Å². The van der Waals surface area contributed by atoms with Crippen molar-refractivity contribution in [2.45, 2.75) is 26.8 Å². The highest BCUT2D eigenvalue weighted by Gasteiger charge is 2.08. The minimum atomic E-state index is -0.0482. The average molecular weight is 272 g/mol. The van der Waals surface area contributed by atoms with E-state index in [2.05, 4.69) is 15.3 Å². The van der Waals surface area contributed by atoms with Crippen molar-refractivity contribution < 1.29 is 4.74 Å². The second kappa shape index (κ2) is 6.34. The van der Waals surface area contributed by atoms with Crippen LogP contribution in [0, 0.1) is 6.92 Å². The van der Waals surface area contributed by atoms with E-state index in [4.69, 9.17) is 10.5 Å². The largest absolute Gasteiger partial charge is 0.478 e. The van der Waals surface area contributed by atoms with Crippen molar-refractivity contribution in [3.05, 3.63) is 41.7 Å². The number of hydrogen-bond donors (Lipinski definition) is 2.